The number of hydrogen-bond donors (Lipinski definition) is 1. The summed E-state index contributed by atoms with van der Waals surface area (Å²) < 4.78 is 10.8. The van der Waals surface area contributed by atoms with Crippen molar-refractivity contribution in [2.75, 3.05) is 33.0 Å². The summed E-state index contributed by atoms with van der Waals surface area (Å²) in [4.78, 5) is 4.74. The van der Waals surface area contributed by atoms with Crippen LogP contribution in [0.5, 0.6) is 11.5 Å². The lowest BCUT2D eigenvalue weighted by atomic mass is 10.1. The second-order valence-corrected chi connectivity index (χ2v) is 7.13. The van der Waals surface area contributed by atoms with Gasteiger partial charge in [-0.25, -0.2) is 0 Å². The summed E-state index contributed by atoms with van der Waals surface area (Å²) in [5, 5.41) is 11.2. The maximum absolute atomic E-state index is 10.5. The number of β-amino-alcohol motifs (C(OH)–C–C–N with tert-alkyl or cyclic N) is 1. The first-order valence-corrected chi connectivity index (χ1v) is 8.81. The smallest absolute Gasteiger partial charge is 0.231 e. The molecule has 23 heavy (non-hydrogen) atoms. The van der Waals surface area contributed by atoms with Crippen molar-refractivity contribution < 1.29 is 14.6 Å². The minimum atomic E-state index is -0.277. The van der Waals surface area contributed by atoms with E-state index < -0.39 is 0 Å². The Hall–Kier alpha value is -1.01. The SMILES string of the molecule is OC1CN(Cc2cc3c(cc2Cl)OCO3)CC1N1CCCCC1. The largest absolute Gasteiger partial charge is 0.454 e. The van der Waals surface area contributed by atoms with Gasteiger partial charge in [0.1, 0.15) is 0 Å². The molecule has 3 heterocycles. The predicted octanol–water partition coefficient (Wildman–Crippen LogP) is 2.10. The highest BCUT2D eigenvalue weighted by atomic mass is 35.5. The van der Waals surface area contributed by atoms with Crippen molar-refractivity contribution >= 4 is 11.6 Å². The number of hydrogen-bond acceptors (Lipinski definition) is 5. The fraction of sp³-hybridized carbons (Fsp3) is 0.647. The van der Waals surface area contributed by atoms with Crippen molar-refractivity contribution in [2.24, 2.45) is 0 Å². The zero-order chi connectivity index (χ0) is 15.8. The zero-order valence-electron chi connectivity index (χ0n) is 13.2. The molecule has 0 aliphatic carbocycles. The number of nitrogens with zero attached hydrogens (tertiary/aromatic N) is 2. The van der Waals surface area contributed by atoms with Gasteiger partial charge >= 0.3 is 0 Å². The van der Waals surface area contributed by atoms with Gasteiger partial charge in [-0.15, -0.1) is 0 Å². The van der Waals surface area contributed by atoms with Crippen LogP contribution in [0.4, 0.5) is 0 Å². The predicted molar refractivity (Wildman–Crippen MR) is 88.1 cm³/mol. The van der Waals surface area contributed by atoms with Crippen LogP contribution < -0.4 is 9.47 Å². The van der Waals surface area contributed by atoms with Gasteiger partial charge in [-0.05, 0) is 37.6 Å². The molecule has 4 rings (SSSR count). The van der Waals surface area contributed by atoms with Gasteiger partial charge in [0.05, 0.1) is 6.10 Å². The first kappa shape index (κ1) is 15.5. The molecule has 3 aliphatic heterocycles. The van der Waals surface area contributed by atoms with E-state index in [1.165, 1.54) is 19.3 Å². The monoisotopic (exact) mass is 338 g/mol. The molecular weight excluding hydrogens is 316 g/mol. The molecule has 2 saturated heterocycles. The van der Waals surface area contributed by atoms with Gasteiger partial charge in [0.15, 0.2) is 11.5 Å². The van der Waals surface area contributed by atoms with Crippen LogP contribution >= 0.6 is 11.6 Å². The second kappa shape index (κ2) is 6.48. The van der Waals surface area contributed by atoms with Gasteiger partial charge in [0.2, 0.25) is 6.79 Å². The van der Waals surface area contributed by atoms with Crippen LogP contribution in [0.25, 0.3) is 0 Å². The van der Waals surface area contributed by atoms with Crippen LogP contribution in [-0.4, -0.2) is 60.0 Å². The molecule has 0 bridgehead atoms. The molecule has 3 aliphatic rings. The third-order valence-corrected chi connectivity index (χ3v) is 5.48. The number of aliphatic hydroxyl groups is 1. The Morgan fingerprint density at radius 3 is 2.61 bits per heavy atom. The van der Waals surface area contributed by atoms with Crippen LogP contribution in [0.1, 0.15) is 24.8 Å². The fourth-order valence-corrected chi connectivity index (χ4v) is 4.12. The summed E-state index contributed by atoms with van der Waals surface area (Å²) in [6.45, 7) is 4.81. The summed E-state index contributed by atoms with van der Waals surface area (Å²) in [5.41, 5.74) is 1.03. The zero-order valence-corrected chi connectivity index (χ0v) is 14.0. The van der Waals surface area contributed by atoms with Gasteiger partial charge in [0, 0.05) is 36.8 Å². The fourth-order valence-electron chi connectivity index (χ4n) is 3.91. The lowest BCUT2D eigenvalue weighted by Gasteiger charge is -2.33. The van der Waals surface area contributed by atoms with Crippen molar-refractivity contribution in [1.82, 2.24) is 9.80 Å². The lowest BCUT2D eigenvalue weighted by Crippen LogP contribution is -2.45. The number of fused-ring (bicyclic) bond motifs is 1. The standard InChI is InChI=1S/C17H23ClN2O3/c18-13-7-17-16(22-11-23-17)6-12(13)8-19-9-14(15(21)10-19)20-4-2-1-3-5-20/h6-7,14-15,21H,1-5,8-11H2. The van der Waals surface area contributed by atoms with Crippen LogP contribution in [0, 0.1) is 0 Å². The average molecular weight is 339 g/mol. The summed E-state index contributed by atoms with van der Waals surface area (Å²) in [5.74, 6) is 1.48. The molecule has 2 atom stereocenters. The van der Waals surface area contributed by atoms with Crippen molar-refractivity contribution in [2.45, 2.75) is 38.0 Å². The molecule has 5 nitrogen and oxygen atoms in total. The van der Waals surface area contributed by atoms with E-state index in [-0.39, 0.29) is 18.9 Å². The van der Waals surface area contributed by atoms with Gasteiger partial charge in [-0.1, -0.05) is 18.0 Å². The molecule has 0 spiro atoms. The molecule has 0 radical (unpaired) electrons. The van der Waals surface area contributed by atoms with Crippen LogP contribution in [0.15, 0.2) is 12.1 Å². The molecule has 1 N–H and O–H groups in total. The third-order valence-electron chi connectivity index (χ3n) is 5.13. The quantitative estimate of drug-likeness (QED) is 0.914. The Morgan fingerprint density at radius 2 is 1.83 bits per heavy atom. The van der Waals surface area contributed by atoms with E-state index >= 15 is 0 Å². The highest BCUT2D eigenvalue weighted by Crippen LogP contribution is 2.37. The Balaban J connectivity index is 1.44. The van der Waals surface area contributed by atoms with Crippen molar-refractivity contribution in [3.8, 4) is 11.5 Å². The van der Waals surface area contributed by atoms with Crippen LogP contribution in [0.3, 0.4) is 0 Å². The third kappa shape index (κ3) is 3.15. The normalized spacial score (nSPS) is 28.4. The van der Waals surface area contributed by atoms with Gasteiger partial charge in [-0.2, -0.15) is 0 Å². The number of piperidine rings is 1. The minimum Gasteiger partial charge on any atom is -0.454 e. The summed E-state index contributed by atoms with van der Waals surface area (Å²) in [6, 6.07) is 4.04. The lowest BCUT2D eigenvalue weighted by molar-refractivity contribution is 0.0706. The molecule has 0 amide bonds. The number of rotatable bonds is 3. The molecule has 2 unspecified atom stereocenters. The molecule has 126 valence electrons. The summed E-state index contributed by atoms with van der Waals surface area (Å²) in [7, 11) is 0. The number of benzene rings is 1. The molecule has 2 fully saturated rings. The maximum atomic E-state index is 10.5. The van der Waals surface area contributed by atoms with E-state index in [9.17, 15) is 5.11 Å². The molecule has 0 aromatic heterocycles. The Kier molecular flexibility index (Phi) is 4.37. The Labute approximate surface area is 141 Å². The Bertz CT molecular complexity index is 577. The molecule has 1 aromatic rings. The number of halogens is 1. The number of likely N-dealkylation sites (tertiary alicyclic amines) is 2. The van der Waals surface area contributed by atoms with E-state index in [0.717, 1.165) is 37.5 Å². The number of aliphatic hydroxyl groups excluding tert-OH is 1. The average Bonchev–Trinajstić information content (AvgIpc) is 3.15. The van der Waals surface area contributed by atoms with Crippen LogP contribution in [-0.2, 0) is 6.54 Å². The van der Waals surface area contributed by atoms with E-state index in [1.807, 2.05) is 12.1 Å². The molecular formula is C17H23ClN2O3. The molecule has 0 saturated carbocycles. The first-order valence-electron chi connectivity index (χ1n) is 8.43. The van der Waals surface area contributed by atoms with E-state index in [1.54, 1.807) is 0 Å². The maximum Gasteiger partial charge on any atom is 0.231 e. The van der Waals surface area contributed by atoms with Gasteiger partial charge < -0.3 is 14.6 Å². The van der Waals surface area contributed by atoms with E-state index in [2.05, 4.69) is 9.80 Å². The Morgan fingerprint density at radius 1 is 1.09 bits per heavy atom. The topological polar surface area (TPSA) is 45.2 Å². The van der Waals surface area contributed by atoms with Gasteiger partial charge in [0.25, 0.3) is 0 Å². The molecule has 6 heteroatoms. The van der Waals surface area contributed by atoms with Crippen LogP contribution in [0.2, 0.25) is 5.02 Å². The number of ether oxygens (including phenoxy) is 2. The minimum absolute atomic E-state index is 0.253. The summed E-state index contributed by atoms with van der Waals surface area (Å²) in [6.07, 6.45) is 3.53. The highest BCUT2D eigenvalue weighted by Gasteiger charge is 2.36. The van der Waals surface area contributed by atoms with Crippen molar-refractivity contribution in [3.63, 3.8) is 0 Å². The first-order chi connectivity index (χ1) is 11.2. The molecule has 1 aromatic carbocycles. The van der Waals surface area contributed by atoms with E-state index in [0.29, 0.717) is 17.3 Å². The highest BCUT2D eigenvalue weighted by molar-refractivity contribution is 6.31. The summed E-state index contributed by atoms with van der Waals surface area (Å²) >= 11 is 6.37. The second-order valence-electron chi connectivity index (χ2n) is 6.72. The van der Waals surface area contributed by atoms with Gasteiger partial charge in [-0.3, -0.25) is 9.80 Å². The van der Waals surface area contributed by atoms with E-state index in [4.69, 9.17) is 21.1 Å². The van der Waals surface area contributed by atoms with Crippen molar-refractivity contribution in [1.29, 1.82) is 0 Å². The van der Waals surface area contributed by atoms with Crippen molar-refractivity contribution in [3.05, 3.63) is 22.7 Å².